The average Bonchev–Trinajstić information content (AvgIpc) is 2.69. The van der Waals surface area contributed by atoms with Crippen molar-refractivity contribution in [2.45, 2.75) is 20.4 Å². The number of carbonyl (C=O) groups excluding carboxylic acids is 1. The zero-order valence-electron chi connectivity index (χ0n) is 17.0. The van der Waals surface area contributed by atoms with Crippen LogP contribution in [0.15, 0.2) is 66.7 Å². The molecule has 0 saturated heterocycles. The molecule has 0 bridgehead atoms. The Kier molecular flexibility index (Phi) is 6.48. The van der Waals surface area contributed by atoms with Gasteiger partial charge < -0.3 is 5.32 Å². The molecule has 0 unspecified atom stereocenters. The molecule has 0 aliphatic rings. The minimum Gasteiger partial charge on any atom is -0.322 e. The molecule has 0 radical (unpaired) electrons. The lowest BCUT2D eigenvalue weighted by Gasteiger charge is -2.23. The Balaban J connectivity index is 1.82. The highest BCUT2D eigenvalue weighted by Gasteiger charge is 2.19. The number of aryl methyl sites for hydroxylation is 2. The van der Waals surface area contributed by atoms with Crippen molar-refractivity contribution < 1.29 is 13.2 Å². The fourth-order valence-electron chi connectivity index (χ4n) is 3.13. The molecule has 7 heteroatoms. The third-order valence-electron chi connectivity index (χ3n) is 4.78. The smallest absolute Gasteiger partial charge is 0.255 e. The van der Waals surface area contributed by atoms with Crippen molar-refractivity contribution in [2.75, 3.05) is 15.9 Å². The van der Waals surface area contributed by atoms with Gasteiger partial charge in [0.1, 0.15) is 0 Å². The van der Waals surface area contributed by atoms with Crippen LogP contribution in [0.4, 0.5) is 11.4 Å². The molecule has 5 nitrogen and oxygen atoms in total. The number of rotatable bonds is 6. The van der Waals surface area contributed by atoms with Gasteiger partial charge in [-0.3, -0.25) is 9.10 Å². The topological polar surface area (TPSA) is 66.5 Å². The summed E-state index contributed by atoms with van der Waals surface area (Å²) in [5.41, 5.74) is 4.48. The molecule has 0 atom stereocenters. The van der Waals surface area contributed by atoms with Crippen LogP contribution < -0.4 is 9.62 Å². The second kappa shape index (κ2) is 8.90. The summed E-state index contributed by atoms with van der Waals surface area (Å²) in [6.45, 7) is 4.04. The molecule has 156 valence electrons. The number of hydrogen-bond acceptors (Lipinski definition) is 3. The van der Waals surface area contributed by atoms with E-state index >= 15 is 0 Å². The highest BCUT2D eigenvalue weighted by Crippen LogP contribution is 2.24. The van der Waals surface area contributed by atoms with E-state index in [0.717, 1.165) is 28.6 Å². The van der Waals surface area contributed by atoms with E-state index in [0.29, 0.717) is 16.3 Å². The summed E-state index contributed by atoms with van der Waals surface area (Å²) >= 11 is 5.91. The molecule has 1 amide bonds. The van der Waals surface area contributed by atoms with E-state index in [-0.39, 0.29) is 12.5 Å². The van der Waals surface area contributed by atoms with Gasteiger partial charge in [0.2, 0.25) is 10.0 Å². The normalized spacial score (nSPS) is 11.2. The number of sulfonamides is 1. The summed E-state index contributed by atoms with van der Waals surface area (Å²) in [5.74, 6) is -0.248. The van der Waals surface area contributed by atoms with Crippen LogP contribution in [0.2, 0.25) is 5.02 Å². The van der Waals surface area contributed by atoms with E-state index in [2.05, 4.69) is 5.32 Å². The van der Waals surface area contributed by atoms with E-state index in [1.54, 1.807) is 48.5 Å². The van der Waals surface area contributed by atoms with Crippen LogP contribution in [0.3, 0.4) is 0 Å². The lowest BCUT2D eigenvalue weighted by Crippen LogP contribution is -2.29. The van der Waals surface area contributed by atoms with E-state index < -0.39 is 10.0 Å². The molecule has 0 spiro atoms. The maximum Gasteiger partial charge on any atom is 0.255 e. The summed E-state index contributed by atoms with van der Waals surface area (Å²) in [6.07, 6.45) is 1.16. The van der Waals surface area contributed by atoms with E-state index in [4.69, 9.17) is 11.6 Å². The summed E-state index contributed by atoms with van der Waals surface area (Å²) < 4.78 is 26.0. The molecular formula is C23H23ClN2O3S. The van der Waals surface area contributed by atoms with E-state index in [1.165, 1.54) is 4.31 Å². The fraction of sp³-hybridized carbons (Fsp3) is 0.174. The first-order valence-electron chi connectivity index (χ1n) is 9.35. The van der Waals surface area contributed by atoms with Gasteiger partial charge in [-0.25, -0.2) is 8.42 Å². The molecule has 3 aromatic rings. The first-order chi connectivity index (χ1) is 14.1. The van der Waals surface area contributed by atoms with Gasteiger partial charge in [0, 0.05) is 16.3 Å². The van der Waals surface area contributed by atoms with Crippen LogP contribution in [0, 0.1) is 13.8 Å². The van der Waals surface area contributed by atoms with Gasteiger partial charge in [0.15, 0.2) is 0 Å². The zero-order valence-corrected chi connectivity index (χ0v) is 18.6. The largest absolute Gasteiger partial charge is 0.322 e. The third kappa shape index (κ3) is 5.20. The molecule has 0 saturated carbocycles. The second-order valence-corrected chi connectivity index (χ2v) is 9.51. The van der Waals surface area contributed by atoms with Crippen molar-refractivity contribution in [3.63, 3.8) is 0 Å². The minimum absolute atomic E-state index is 0.171. The van der Waals surface area contributed by atoms with E-state index in [1.807, 2.05) is 32.0 Å². The molecule has 3 aromatic carbocycles. The summed E-state index contributed by atoms with van der Waals surface area (Å²) in [7, 11) is -3.52. The molecular weight excluding hydrogens is 420 g/mol. The van der Waals surface area contributed by atoms with Crippen LogP contribution in [0.5, 0.6) is 0 Å². The predicted molar refractivity (Wildman–Crippen MR) is 123 cm³/mol. The number of halogens is 1. The lowest BCUT2D eigenvalue weighted by atomic mass is 10.1. The average molecular weight is 443 g/mol. The Morgan fingerprint density at radius 1 is 0.933 bits per heavy atom. The highest BCUT2D eigenvalue weighted by molar-refractivity contribution is 7.92. The number of nitrogens with one attached hydrogen (secondary N) is 1. The van der Waals surface area contributed by atoms with Gasteiger partial charge in [-0.15, -0.1) is 0 Å². The molecule has 0 aromatic heterocycles. The molecule has 30 heavy (non-hydrogen) atoms. The van der Waals surface area contributed by atoms with Gasteiger partial charge in [-0.1, -0.05) is 41.9 Å². The SMILES string of the molecule is Cc1cccc(C)c1NC(=O)c1ccc(N(Cc2ccc(Cl)cc2)S(C)(=O)=O)cc1. The quantitative estimate of drug-likeness (QED) is 0.572. The third-order valence-corrected chi connectivity index (χ3v) is 6.17. The first kappa shape index (κ1) is 21.9. The van der Waals surface area contributed by atoms with Crippen LogP contribution in [-0.2, 0) is 16.6 Å². The first-order valence-corrected chi connectivity index (χ1v) is 11.6. The van der Waals surface area contributed by atoms with Crippen molar-refractivity contribution in [3.8, 4) is 0 Å². The number of amides is 1. The Hall–Kier alpha value is -2.83. The standard InChI is InChI=1S/C23H23ClN2O3S/c1-16-5-4-6-17(2)22(16)25-23(27)19-9-13-21(14-10-19)26(30(3,28)29)15-18-7-11-20(24)12-8-18/h4-14H,15H2,1-3H3,(H,25,27). The van der Waals surface area contributed by atoms with Crippen molar-refractivity contribution >= 4 is 38.9 Å². The lowest BCUT2D eigenvalue weighted by molar-refractivity contribution is 0.102. The minimum atomic E-state index is -3.52. The number of hydrogen-bond donors (Lipinski definition) is 1. The second-order valence-electron chi connectivity index (χ2n) is 7.16. The molecule has 3 rings (SSSR count). The summed E-state index contributed by atoms with van der Waals surface area (Å²) in [5, 5.41) is 3.52. The molecule has 0 fully saturated rings. The number of benzene rings is 3. The van der Waals surface area contributed by atoms with Gasteiger partial charge in [-0.05, 0) is 66.9 Å². The predicted octanol–water partition coefficient (Wildman–Crippen LogP) is 5.18. The highest BCUT2D eigenvalue weighted by atomic mass is 35.5. The Labute approximate surface area is 182 Å². The molecule has 0 heterocycles. The number of anilines is 2. The van der Waals surface area contributed by atoms with Gasteiger partial charge in [0.05, 0.1) is 18.5 Å². The van der Waals surface area contributed by atoms with Crippen molar-refractivity contribution in [1.82, 2.24) is 0 Å². The van der Waals surface area contributed by atoms with Gasteiger partial charge in [-0.2, -0.15) is 0 Å². The van der Waals surface area contributed by atoms with Gasteiger partial charge >= 0.3 is 0 Å². The van der Waals surface area contributed by atoms with Crippen LogP contribution in [0.1, 0.15) is 27.0 Å². The van der Waals surface area contributed by atoms with Crippen molar-refractivity contribution in [2.24, 2.45) is 0 Å². The maximum atomic E-state index is 12.7. The van der Waals surface area contributed by atoms with Gasteiger partial charge in [0.25, 0.3) is 5.91 Å². The maximum absolute atomic E-state index is 12.7. The van der Waals surface area contributed by atoms with Crippen LogP contribution >= 0.6 is 11.6 Å². The van der Waals surface area contributed by atoms with Crippen LogP contribution in [-0.4, -0.2) is 20.6 Å². The molecule has 1 N–H and O–H groups in total. The number of nitrogens with zero attached hydrogens (tertiary/aromatic N) is 1. The number of carbonyl (C=O) groups is 1. The summed E-state index contributed by atoms with van der Waals surface area (Å²) in [6, 6.07) is 19.3. The zero-order chi connectivity index (χ0) is 21.9. The number of para-hydroxylation sites is 1. The van der Waals surface area contributed by atoms with Crippen molar-refractivity contribution in [1.29, 1.82) is 0 Å². The monoisotopic (exact) mass is 442 g/mol. The Bertz CT molecular complexity index is 1140. The van der Waals surface area contributed by atoms with E-state index in [9.17, 15) is 13.2 Å². The molecule has 0 aliphatic carbocycles. The van der Waals surface area contributed by atoms with Crippen LogP contribution in [0.25, 0.3) is 0 Å². The van der Waals surface area contributed by atoms with Crippen molar-refractivity contribution in [3.05, 3.63) is 94.0 Å². The summed E-state index contributed by atoms with van der Waals surface area (Å²) in [4.78, 5) is 12.7. The Morgan fingerprint density at radius 2 is 1.50 bits per heavy atom. The molecule has 0 aliphatic heterocycles. The Morgan fingerprint density at radius 3 is 2.03 bits per heavy atom. The fourth-order valence-corrected chi connectivity index (χ4v) is 4.15.